The van der Waals surface area contributed by atoms with Crippen molar-refractivity contribution < 1.29 is 9.21 Å². The van der Waals surface area contributed by atoms with Crippen molar-refractivity contribution in [2.45, 2.75) is 59.3 Å². The van der Waals surface area contributed by atoms with Crippen LogP contribution in [0.5, 0.6) is 0 Å². The molecule has 1 fully saturated rings. The van der Waals surface area contributed by atoms with E-state index >= 15 is 0 Å². The van der Waals surface area contributed by atoms with Crippen molar-refractivity contribution in [3.05, 3.63) is 46.5 Å². The van der Waals surface area contributed by atoms with Crippen molar-refractivity contribution in [2.75, 3.05) is 23.3 Å². The Balaban J connectivity index is 1.30. The number of anilines is 2. The van der Waals surface area contributed by atoms with Gasteiger partial charge in [-0.25, -0.2) is 4.98 Å². The van der Waals surface area contributed by atoms with Crippen molar-refractivity contribution in [1.82, 2.24) is 9.97 Å². The standard InChI is InChI=1S/C25H30N4O2/c1-15-16(2)31-25-22(15)23(26-17(3)27-25)29-13-11-19(12-14-29)24(30)28-21-10-6-8-18-7-4-5-9-20(18)21/h6,8,10,19H,4-5,7,9,11-14H2,1-3H3,(H,28,30). The van der Waals surface area contributed by atoms with Gasteiger partial charge in [-0.3, -0.25) is 4.79 Å². The number of rotatable bonds is 3. The predicted octanol–water partition coefficient (Wildman–Crippen LogP) is 4.88. The van der Waals surface area contributed by atoms with E-state index in [1.54, 1.807) is 0 Å². The molecule has 0 spiro atoms. The highest BCUT2D eigenvalue weighted by Crippen LogP contribution is 2.34. The molecule has 0 atom stereocenters. The molecule has 1 amide bonds. The van der Waals surface area contributed by atoms with E-state index in [0.717, 1.165) is 67.0 Å². The summed E-state index contributed by atoms with van der Waals surface area (Å²) in [7, 11) is 0. The average Bonchev–Trinajstić information content (AvgIpc) is 3.06. The maximum Gasteiger partial charge on any atom is 0.231 e. The van der Waals surface area contributed by atoms with E-state index in [4.69, 9.17) is 9.40 Å². The largest absolute Gasteiger partial charge is 0.443 e. The molecule has 1 saturated heterocycles. The van der Waals surface area contributed by atoms with Crippen molar-refractivity contribution in [3.63, 3.8) is 0 Å². The normalized spacial score (nSPS) is 17.1. The Bertz CT molecular complexity index is 1140. The lowest BCUT2D eigenvalue weighted by Gasteiger charge is -2.33. The highest BCUT2D eigenvalue weighted by Gasteiger charge is 2.28. The molecule has 5 rings (SSSR count). The molecule has 3 heterocycles. The summed E-state index contributed by atoms with van der Waals surface area (Å²) in [5.74, 6) is 2.72. The molecule has 31 heavy (non-hydrogen) atoms. The van der Waals surface area contributed by atoms with Crippen LogP contribution in [0.2, 0.25) is 0 Å². The summed E-state index contributed by atoms with van der Waals surface area (Å²) in [6.45, 7) is 7.54. The molecule has 1 aliphatic heterocycles. The third-order valence-electron chi connectivity index (χ3n) is 6.94. The molecule has 1 aliphatic carbocycles. The van der Waals surface area contributed by atoms with Gasteiger partial charge in [0.2, 0.25) is 11.6 Å². The number of amides is 1. The Morgan fingerprint density at radius 1 is 1.10 bits per heavy atom. The van der Waals surface area contributed by atoms with E-state index < -0.39 is 0 Å². The van der Waals surface area contributed by atoms with Crippen LogP contribution in [0.4, 0.5) is 11.5 Å². The molecule has 2 aliphatic rings. The zero-order valence-electron chi connectivity index (χ0n) is 18.6. The fourth-order valence-corrected chi connectivity index (χ4v) is 5.05. The third-order valence-corrected chi connectivity index (χ3v) is 6.94. The van der Waals surface area contributed by atoms with Crippen LogP contribution in [0.25, 0.3) is 11.1 Å². The summed E-state index contributed by atoms with van der Waals surface area (Å²) in [5.41, 5.74) is 5.50. The SMILES string of the molecule is Cc1nc(N2CCC(C(=O)Nc3cccc4c3CCCC4)CC2)c2c(C)c(C)oc2n1. The van der Waals surface area contributed by atoms with Gasteiger partial charge in [0.15, 0.2) is 0 Å². The molecule has 0 unspecified atom stereocenters. The van der Waals surface area contributed by atoms with Gasteiger partial charge in [0.25, 0.3) is 0 Å². The number of hydrogen-bond acceptors (Lipinski definition) is 5. The minimum atomic E-state index is 0.0290. The highest BCUT2D eigenvalue weighted by molar-refractivity contribution is 5.94. The zero-order valence-corrected chi connectivity index (χ0v) is 18.6. The molecule has 162 valence electrons. The number of fused-ring (bicyclic) bond motifs is 2. The van der Waals surface area contributed by atoms with Crippen molar-refractivity contribution in [2.24, 2.45) is 5.92 Å². The Morgan fingerprint density at radius 3 is 2.68 bits per heavy atom. The van der Waals surface area contributed by atoms with Crippen LogP contribution in [0.3, 0.4) is 0 Å². The maximum absolute atomic E-state index is 13.1. The summed E-state index contributed by atoms with van der Waals surface area (Å²) in [6.07, 6.45) is 6.28. The van der Waals surface area contributed by atoms with E-state index in [2.05, 4.69) is 40.3 Å². The summed E-state index contributed by atoms with van der Waals surface area (Å²) in [6, 6.07) is 6.33. The van der Waals surface area contributed by atoms with E-state index in [1.807, 2.05) is 13.8 Å². The Morgan fingerprint density at radius 2 is 1.87 bits per heavy atom. The van der Waals surface area contributed by atoms with Gasteiger partial charge in [0.05, 0.1) is 5.39 Å². The first kappa shape index (κ1) is 20.0. The number of aromatic nitrogens is 2. The van der Waals surface area contributed by atoms with Gasteiger partial charge in [-0.15, -0.1) is 0 Å². The van der Waals surface area contributed by atoms with Crippen LogP contribution in [-0.4, -0.2) is 29.0 Å². The van der Waals surface area contributed by atoms with Crippen LogP contribution < -0.4 is 10.2 Å². The molecule has 6 nitrogen and oxygen atoms in total. The van der Waals surface area contributed by atoms with Crippen molar-refractivity contribution in [1.29, 1.82) is 0 Å². The minimum absolute atomic E-state index is 0.0290. The topological polar surface area (TPSA) is 71.3 Å². The van der Waals surface area contributed by atoms with Crippen LogP contribution in [0, 0.1) is 26.7 Å². The average molecular weight is 419 g/mol. The van der Waals surface area contributed by atoms with Crippen LogP contribution in [-0.2, 0) is 17.6 Å². The predicted molar refractivity (Wildman–Crippen MR) is 123 cm³/mol. The maximum atomic E-state index is 13.1. The summed E-state index contributed by atoms with van der Waals surface area (Å²) in [4.78, 5) is 24.5. The smallest absolute Gasteiger partial charge is 0.231 e. The molecular weight excluding hydrogens is 388 g/mol. The molecule has 2 aromatic heterocycles. The number of nitrogens with zero attached hydrogens (tertiary/aromatic N) is 3. The van der Waals surface area contributed by atoms with E-state index in [1.165, 1.54) is 24.0 Å². The second kappa shape index (κ2) is 7.98. The van der Waals surface area contributed by atoms with Gasteiger partial charge in [0, 0.05) is 30.3 Å². The summed E-state index contributed by atoms with van der Waals surface area (Å²) in [5, 5.41) is 4.25. The number of piperidine rings is 1. The van der Waals surface area contributed by atoms with E-state index in [0.29, 0.717) is 11.5 Å². The molecule has 1 N–H and O–H groups in total. The minimum Gasteiger partial charge on any atom is -0.443 e. The number of carbonyl (C=O) groups is 1. The van der Waals surface area contributed by atoms with Crippen LogP contribution in [0.15, 0.2) is 22.6 Å². The molecule has 0 radical (unpaired) electrons. The van der Waals surface area contributed by atoms with Crippen molar-refractivity contribution >= 4 is 28.5 Å². The first-order chi connectivity index (χ1) is 15.0. The first-order valence-electron chi connectivity index (χ1n) is 11.4. The molecule has 1 aromatic carbocycles. The number of nitrogens with one attached hydrogen (secondary N) is 1. The summed E-state index contributed by atoms with van der Waals surface area (Å²) < 4.78 is 5.84. The van der Waals surface area contributed by atoms with Gasteiger partial charge in [0.1, 0.15) is 17.4 Å². The Labute approximate surface area is 183 Å². The van der Waals surface area contributed by atoms with Gasteiger partial charge < -0.3 is 14.6 Å². The quantitative estimate of drug-likeness (QED) is 0.656. The lowest BCUT2D eigenvalue weighted by Crippen LogP contribution is -2.39. The van der Waals surface area contributed by atoms with Gasteiger partial charge >= 0.3 is 0 Å². The van der Waals surface area contributed by atoms with Crippen LogP contribution in [0.1, 0.15) is 54.0 Å². The van der Waals surface area contributed by atoms with Gasteiger partial charge in [-0.2, -0.15) is 4.98 Å². The molecule has 6 heteroatoms. The third kappa shape index (κ3) is 3.68. The second-order valence-corrected chi connectivity index (χ2v) is 8.96. The van der Waals surface area contributed by atoms with E-state index in [-0.39, 0.29) is 11.8 Å². The summed E-state index contributed by atoms with van der Waals surface area (Å²) >= 11 is 0. The Kier molecular flexibility index (Phi) is 5.16. The fourth-order valence-electron chi connectivity index (χ4n) is 5.05. The number of benzene rings is 1. The second-order valence-electron chi connectivity index (χ2n) is 8.96. The van der Waals surface area contributed by atoms with Crippen LogP contribution >= 0.6 is 0 Å². The number of furan rings is 1. The lowest BCUT2D eigenvalue weighted by atomic mass is 9.90. The monoisotopic (exact) mass is 418 g/mol. The Hall–Kier alpha value is -2.89. The zero-order chi connectivity index (χ0) is 21.5. The fraction of sp³-hybridized carbons (Fsp3) is 0.480. The number of aryl methyl sites for hydroxylation is 4. The number of hydrogen-bond donors (Lipinski definition) is 1. The highest BCUT2D eigenvalue weighted by atomic mass is 16.3. The van der Waals surface area contributed by atoms with Gasteiger partial charge in [-0.05, 0) is 76.5 Å². The first-order valence-corrected chi connectivity index (χ1v) is 11.4. The van der Waals surface area contributed by atoms with E-state index in [9.17, 15) is 4.79 Å². The molecular formula is C25H30N4O2. The number of carbonyl (C=O) groups excluding carboxylic acids is 1. The molecule has 3 aromatic rings. The van der Waals surface area contributed by atoms with Gasteiger partial charge in [-0.1, -0.05) is 12.1 Å². The van der Waals surface area contributed by atoms with Crippen molar-refractivity contribution in [3.8, 4) is 0 Å². The molecule has 0 saturated carbocycles. The molecule has 0 bridgehead atoms. The lowest BCUT2D eigenvalue weighted by molar-refractivity contribution is -0.120.